The lowest BCUT2D eigenvalue weighted by Gasteiger charge is -2.03. The smallest absolute Gasteiger partial charge is 0.273 e. The molecule has 0 spiro atoms. The van der Waals surface area contributed by atoms with E-state index >= 15 is 0 Å². The van der Waals surface area contributed by atoms with Crippen molar-refractivity contribution in [3.05, 3.63) is 71.6 Å². The first-order valence-electron chi connectivity index (χ1n) is 7.06. The van der Waals surface area contributed by atoms with Crippen LogP contribution in [0.25, 0.3) is 11.5 Å². The summed E-state index contributed by atoms with van der Waals surface area (Å²) in [5.74, 6) is -2.13. The molecular weight excluding hydrogens is 316 g/mol. The van der Waals surface area contributed by atoms with E-state index in [2.05, 4.69) is 10.3 Å². The molecule has 0 fully saturated rings. The van der Waals surface area contributed by atoms with Crippen LogP contribution in [0.2, 0.25) is 0 Å². The minimum atomic E-state index is -0.966. The molecule has 3 aromatic rings. The predicted octanol–water partition coefficient (Wildman–Crippen LogP) is 3.13. The summed E-state index contributed by atoms with van der Waals surface area (Å²) in [7, 11) is 0. The first kappa shape index (κ1) is 15.7. The Morgan fingerprint density at radius 2 is 2.00 bits per heavy atom. The van der Waals surface area contributed by atoms with Gasteiger partial charge in [0, 0.05) is 17.8 Å². The molecule has 122 valence electrons. The van der Waals surface area contributed by atoms with E-state index in [9.17, 15) is 13.6 Å². The lowest BCUT2D eigenvalue weighted by atomic mass is 10.2. The van der Waals surface area contributed by atoms with Crippen molar-refractivity contribution in [2.24, 2.45) is 0 Å². The highest BCUT2D eigenvalue weighted by atomic mass is 19.2. The Morgan fingerprint density at radius 3 is 2.75 bits per heavy atom. The van der Waals surface area contributed by atoms with Crippen LogP contribution < -0.4 is 11.1 Å². The van der Waals surface area contributed by atoms with E-state index in [4.69, 9.17) is 10.2 Å². The number of carbonyl (C=O) groups excluding carboxylic acids is 1. The van der Waals surface area contributed by atoms with Gasteiger partial charge in [-0.1, -0.05) is 12.1 Å². The van der Waals surface area contributed by atoms with Gasteiger partial charge >= 0.3 is 0 Å². The number of nitrogens with two attached hydrogens (primary N) is 1. The highest BCUT2D eigenvalue weighted by Crippen LogP contribution is 2.20. The largest absolute Gasteiger partial charge is 0.444 e. The monoisotopic (exact) mass is 329 g/mol. The van der Waals surface area contributed by atoms with Gasteiger partial charge in [-0.3, -0.25) is 4.79 Å². The number of benzene rings is 2. The molecule has 2 aromatic carbocycles. The Bertz CT molecular complexity index is 893. The molecule has 0 saturated heterocycles. The maximum Gasteiger partial charge on any atom is 0.273 e. The standard InChI is InChI=1S/C17H13F2N3O2/c18-13-5-4-10(6-14(13)19)8-21-16(23)15-9-24-17(22-15)11-2-1-3-12(20)7-11/h1-7,9H,8,20H2,(H,21,23). The van der Waals surface area contributed by atoms with Gasteiger partial charge in [-0.15, -0.1) is 0 Å². The van der Waals surface area contributed by atoms with Crippen LogP contribution in [0.3, 0.4) is 0 Å². The quantitative estimate of drug-likeness (QED) is 0.721. The van der Waals surface area contributed by atoms with Crippen LogP contribution in [-0.4, -0.2) is 10.9 Å². The Hall–Kier alpha value is -3.22. The highest BCUT2D eigenvalue weighted by molar-refractivity contribution is 5.92. The van der Waals surface area contributed by atoms with Crippen molar-refractivity contribution in [3.63, 3.8) is 0 Å². The molecule has 0 aliphatic rings. The number of rotatable bonds is 4. The zero-order valence-corrected chi connectivity index (χ0v) is 12.4. The zero-order valence-electron chi connectivity index (χ0n) is 12.4. The number of nitrogens with zero attached hydrogens (tertiary/aromatic N) is 1. The molecule has 0 bridgehead atoms. The van der Waals surface area contributed by atoms with Crippen LogP contribution in [-0.2, 0) is 6.54 Å². The molecule has 1 amide bonds. The molecule has 1 aromatic heterocycles. The summed E-state index contributed by atoms with van der Waals surface area (Å²) in [4.78, 5) is 16.2. The number of amides is 1. The molecule has 5 nitrogen and oxygen atoms in total. The number of hydrogen-bond donors (Lipinski definition) is 2. The van der Waals surface area contributed by atoms with Gasteiger partial charge in [-0.05, 0) is 35.9 Å². The summed E-state index contributed by atoms with van der Waals surface area (Å²) < 4.78 is 31.3. The van der Waals surface area contributed by atoms with E-state index in [-0.39, 0.29) is 18.1 Å². The molecule has 0 radical (unpaired) electrons. The number of oxazole rings is 1. The van der Waals surface area contributed by atoms with Crippen LogP contribution in [0.5, 0.6) is 0 Å². The molecule has 0 atom stereocenters. The van der Waals surface area contributed by atoms with Crippen molar-refractivity contribution >= 4 is 11.6 Å². The summed E-state index contributed by atoms with van der Waals surface area (Å²) >= 11 is 0. The molecule has 7 heteroatoms. The predicted molar refractivity (Wildman–Crippen MR) is 83.9 cm³/mol. The van der Waals surface area contributed by atoms with E-state index in [0.717, 1.165) is 12.1 Å². The number of carbonyl (C=O) groups is 1. The normalized spacial score (nSPS) is 10.6. The SMILES string of the molecule is Nc1cccc(-c2nc(C(=O)NCc3ccc(F)c(F)c3)co2)c1. The third-order valence-corrected chi connectivity index (χ3v) is 3.31. The fraction of sp³-hybridized carbons (Fsp3) is 0.0588. The fourth-order valence-electron chi connectivity index (χ4n) is 2.10. The van der Waals surface area contributed by atoms with Crippen molar-refractivity contribution in [2.75, 3.05) is 5.73 Å². The fourth-order valence-corrected chi connectivity index (χ4v) is 2.10. The number of hydrogen-bond acceptors (Lipinski definition) is 4. The van der Waals surface area contributed by atoms with E-state index in [0.29, 0.717) is 16.8 Å². The van der Waals surface area contributed by atoms with E-state index in [1.807, 2.05) is 0 Å². The van der Waals surface area contributed by atoms with Gasteiger partial charge in [0.2, 0.25) is 5.89 Å². The Balaban J connectivity index is 1.68. The lowest BCUT2D eigenvalue weighted by molar-refractivity contribution is 0.0946. The van der Waals surface area contributed by atoms with Gasteiger partial charge in [-0.2, -0.15) is 0 Å². The lowest BCUT2D eigenvalue weighted by Crippen LogP contribution is -2.23. The van der Waals surface area contributed by atoms with Crippen molar-refractivity contribution in [2.45, 2.75) is 6.54 Å². The third-order valence-electron chi connectivity index (χ3n) is 3.31. The topological polar surface area (TPSA) is 81.1 Å². The Kier molecular flexibility index (Phi) is 4.24. The average Bonchev–Trinajstić information content (AvgIpc) is 3.06. The average molecular weight is 329 g/mol. The number of anilines is 1. The number of nitrogen functional groups attached to an aromatic ring is 1. The second-order valence-electron chi connectivity index (χ2n) is 5.09. The van der Waals surface area contributed by atoms with E-state index in [1.165, 1.54) is 12.3 Å². The molecule has 3 N–H and O–H groups in total. The summed E-state index contributed by atoms with van der Waals surface area (Å²) in [6, 6.07) is 10.3. The van der Waals surface area contributed by atoms with E-state index < -0.39 is 17.5 Å². The minimum absolute atomic E-state index is 0.0382. The summed E-state index contributed by atoms with van der Waals surface area (Å²) in [6.07, 6.45) is 1.22. The zero-order chi connectivity index (χ0) is 17.1. The molecule has 3 rings (SSSR count). The van der Waals surface area contributed by atoms with Crippen molar-refractivity contribution in [1.29, 1.82) is 0 Å². The maximum atomic E-state index is 13.1. The molecule has 0 aliphatic carbocycles. The van der Waals surface area contributed by atoms with Gasteiger partial charge in [0.1, 0.15) is 6.26 Å². The van der Waals surface area contributed by atoms with E-state index in [1.54, 1.807) is 24.3 Å². The van der Waals surface area contributed by atoms with Crippen LogP contribution >= 0.6 is 0 Å². The van der Waals surface area contributed by atoms with Crippen molar-refractivity contribution < 1.29 is 18.0 Å². The van der Waals surface area contributed by atoms with Gasteiger partial charge in [0.05, 0.1) is 0 Å². The first-order valence-corrected chi connectivity index (χ1v) is 7.06. The van der Waals surface area contributed by atoms with Crippen LogP contribution in [0.4, 0.5) is 14.5 Å². The van der Waals surface area contributed by atoms with Crippen LogP contribution in [0.1, 0.15) is 16.1 Å². The molecule has 0 unspecified atom stereocenters. The second-order valence-corrected chi connectivity index (χ2v) is 5.09. The Morgan fingerprint density at radius 1 is 1.17 bits per heavy atom. The summed E-state index contributed by atoms with van der Waals surface area (Å²) in [5, 5.41) is 2.56. The molecule has 0 saturated carbocycles. The second kappa shape index (κ2) is 6.49. The molecule has 1 heterocycles. The number of nitrogens with one attached hydrogen (secondary N) is 1. The first-order chi connectivity index (χ1) is 11.5. The third kappa shape index (κ3) is 3.40. The highest BCUT2D eigenvalue weighted by Gasteiger charge is 2.13. The molecule has 24 heavy (non-hydrogen) atoms. The van der Waals surface area contributed by atoms with Gasteiger partial charge in [0.25, 0.3) is 5.91 Å². The summed E-state index contributed by atoms with van der Waals surface area (Å²) in [6.45, 7) is 0.0382. The maximum absolute atomic E-state index is 13.1. The van der Waals surface area contributed by atoms with Crippen LogP contribution in [0.15, 0.2) is 53.1 Å². The molecular formula is C17H13F2N3O2. The minimum Gasteiger partial charge on any atom is -0.444 e. The van der Waals surface area contributed by atoms with Crippen LogP contribution in [0, 0.1) is 11.6 Å². The Labute approximate surface area is 136 Å². The number of halogens is 2. The van der Waals surface area contributed by atoms with Gasteiger partial charge in [-0.25, -0.2) is 13.8 Å². The molecule has 0 aliphatic heterocycles. The number of aromatic nitrogens is 1. The van der Waals surface area contributed by atoms with Gasteiger partial charge in [0.15, 0.2) is 17.3 Å². The van der Waals surface area contributed by atoms with Crippen molar-refractivity contribution in [1.82, 2.24) is 10.3 Å². The van der Waals surface area contributed by atoms with Crippen molar-refractivity contribution in [3.8, 4) is 11.5 Å². The summed E-state index contributed by atoms with van der Waals surface area (Å²) in [5.41, 5.74) is 7.40. The van der Waals surface area contributed by atoms with Gasteiger partial charge < -0.3 is 15.5 Å².